The van der Waals surface area contributed by atoms with Gasteiger partial charge in [-0.15, -0.1) is 0 Å². The lowest BCUT2D eigenvalue weighted by molar-refractivity contribution is 0.0793. The van der Waals surface area contributed by atoms with Gasteiger partial charge in [0.1, 0.15) is 0 Å². The number of hydrogen-bond donors (Lipinski definition) is 2. The van der Waals surface area contributed by atoms with Crippen LogP contribution in [0.5, 0.6) is 0 Å². The maximum absolute atomic E-state index is 12.9. The smallest absolute Gasteiger partial charge is 0.323 e. The van der Waals surface area contributed by atoms with Crippen LogP contribution in [0.25, 0.3) is 0 Å². The molecule has 1 saturated heterocycles. The Morgan fingerprint density at radius 1 is 0.923 bits per heavy atom. The fraction of sp³-hybridized carbons (Fsp3) is 0.300. The number of urea groups is 1. The summed E-state index contributed by atoms with van der Waals surface area (Å²) in [5, 5.41) is 5.58. The molecule has 0 bridgehead atoms. The predicted octanol–water partition coefficient (Wildman–Crippen LogP) is 3.63. The summed E-state index contributed by atoms with van der Waals surface area (Å²) in [6, 6.07) is 14.3. The van der Waals surface area contributed by atoms with E-state index in [9.17, 15) is 9.59 Å². The van der Waals surface area contributed by atoms with Gasteiger partial charge in [-0.2, -0.15) is 0 Å². The molecule has 0 saturated carbocycles. The molecule has 0 aromatic heterocycles. The summed E-state index contributed by atoms with van der Waals surface area (Å²) in [5.41, 5.74) is 2.75. The number of carbonyl (C=O) groups excluding carboxylic acids is 2. The number of rotatable bonds is 4. The number of nitrogens with one attached hydrogen (secondary N) is 2. The highest BCUT2D eigenvalue weighted by Crippen LogP contribution is 2.26. The molecule has 1 fully saturated rings. The van der Waals surface area contributed by atoms with Crippen molar-refractivity contribution in [3.05, 3.63) is 54.1 Å². The highest BCUT2D eigenvalue weighted by atomic mass is 16.2. The maximum Gasteiger partial charge on any atom is 0.323 e. The summed E-state index contributed by atoms with van der Waals surface area (Å²) in [4.78, 5) is 28.9. The molecule has 0 aliphatic carbocycles. The molecule has 2 N–H and O–H groups in total. The molecular formula is C20H24N4O2. The number of benzene rings is 2. The predicted molar refractivity (Wildman–Crippen MR) is 105 cm³/mol. The van der Waals surface area contributed by atoms with E-state index in [4.69, 9.17) is 0 Å². The van der Waals surface area contributed by atoms with Crippen LogP contribution in [0.1, 0.15) is 23.2 Å². The molecule has 1 aliphatic heterocycles. The Kier molecular flexibility index (Phi) is 5.41. The van der Waals surface area contributed by atoms with E-state index in [2.05, 4.69) is 10.6 Å². The topological polar surface area (TPSA) is 64.7 Å². The van der Waals surface area contributed by atoms with Crippen molar-refractivity contribution >= 4 is 29.0 Å². The molecule has 6 heteroatoms. The lowest BCUT2D eigenvalue weighted by atomic mass is 10.1. The highest BCUT2D eigenvalue weighted by molar-refractivity contribution is 6.04. The molecule has 0 radical (unpaired) electrons. The lowest BCUT2D eigenvalue weighted by Crippen LogP contribution is -2.29. The number of likely N-dealkylation sites (tertiary alicyclic amines) is 1. The summed E-state index contributed by atoms with van der Waals surface area (Å²) >= 11 is 0. The van der Waals surface area contributed by atoms with Gasteiger partial charge in [-0.05, 0) is 43.2 Å². The molecule has 136 valence electrons. The van der Waals surface area contributed by atoms with Gasteiger partial charge in [-0.1, -0.05) is 18.2 Å². The zero-order chi connectivity index (χ0) is 18.5. The molecule has 0 atom stereocenters. The molecule has 2 aromatic carbocycles. The van der Waals surface area contributed by atoms with E-state index in [0.29, 0.717) is 16.9 Å². The van der Waals surface area contributed by atoms with Crippen LogP contribution in [-0.2, 0) is 0 Å². The molecule has 0 unspecified atom stereocenters. The SMILES string of the molecule is CN(C)c1ccc(NC(=O)Nc2ccccc2)cc1C(=O)N1CCCC1. The summed E-state index contributed by atoms with van der Waals surface area (Å²) in [5.74, 6) is 0.0123. The standard InChI is InChI=1S/C20H24N4O2/c1-23(2)18-11-10-16(14-17(18)19(25)24-12-6-7-13-24)22-20(26)21-15-8-4-3-5-9-15/h3-5,8-11,14H,6-7,12-13H2,1-2H3,(H2,21,22,26). The van der Waals surface area contributed by atoms with Gasteiger partial charge in [0.15, 0.2) is 0 Å². The molecule has 3 amide bonds. The Morgan fingerprint density at radius 3 is 2.23 bits per heavy atom. The van der Waals surface area contributed by atoms with E-state index >= 15 is 0 Å². The van der Waals surface area contributed by atoms with Crippen LogP contribution in [0, 0.1) is 0 Å². The Hall–Kier alpha value is -3.02. The van der Waals surface area contributed by atoms with Crippen LogP contribution in [0.15, 0.2) is 48.5 Å². The minimum Gasteiger partial charge on any atom is -0.377 e. The molecule has 2 aromatic rings. The summed E-state index contributed by atoms with van der Waals surface area (Å²) < 4.78 is 0. The maximum atomic E-state index is 12.9. The Morgan fingerprint density at radius 2 is 1.58 bits per heavy atom. The summed E-state index contributed by atoms with van der Waals surface area (Å²) in [7, 11) is 3.82. The largest absolute Gasteiger partial charge is 0.377 e. The quantitative estimate of drug-likeness (QED) is 0.883. The van der Waals surface area contributed by atoms with Gasteiger partial charge >= 0.3 is 6.03 Å². The van der Waals surface area contributed by atoms with Crippen LogP contribution >= 0.6 is 0 Å². The van der Waals surface area contributed by atoms with E-state index in [1.807, 2.05) is 60.3 Å². The van der Waals surface area contributed by atoms with E-state index in [0.717, 1.165) is 31.6 Å². The number of hydrogen-bond acceptors (Lipinski definition) is 3. The zero-order valence-electron chi connectivity index (χ0n) is 15.2. The van der Waals surface area contributed by atoms with E-state index in [1.165, 1.54) is 0 Å². The fourth-order valence-electron chi connectivity index (χ4n) is 3.08. The first kappa shape index (κ1) is 17.8. The van der Waals surface area contributed by atoms with Crippen LogP contribution < -0.4 is 15.5 Å². The number of para-hydroxylation sites is 1. The third kappa shape index (κ3) is 4.14. The summed E-state index contributed by atoms with van der Waals surface area (Å²) in [6.45, 7) is 1.58. The normalized spacial score (nSPS) is 13.4. The van der Waals surface area contributed by atoms with E-state index in [-0.39, 0.29) is 11.9 Å². The van der Waals surface area contributed by atoms with Crippen LogP contribution in [-0.4, -0.2) is 44.0 Å². The highest BCUT2D eigenvalue weighted by Gasteiger charge is 2.23. The van der Waals surface area contributed by atoms with Crippen molar-refractivity contribution in [3.63, 3.8) is 0 Å². The minimum atomic E-state index is -0.339. The second kappa shape index (κ2) is 7.91. The Labute approximate surface area is 153 Å². The van der Waals surface area contributed by atoms with Crippen molar-refractivity contribution in [2.75, 3.05) is 42.7 Å². The molecule has 1 heterocycles. The van der Waals surface area contributed by atoms with Crippen LogP contribution in [0.2, 0.25) is 0 Å². The molecule has 3 rings (SSSR count). The molecule has 6 nitrogen and oxygen atoms in total. The first-order chi connectivity index (χ1) is 12.5. The first-order valence-corrected chi connectivity index (χ1v) is 8.78. The van der Waals surface area contributed by atoms with Gasteiger partial charge in [0.25, 0.3) is 5.91 Å². The van der Waals surface area contributed by atoms with Gasteiger partial charge in [0.2, 0.25) is 0 Å². The lowest BCUT2D eigenvalue weighted by Gasteiger charge is -2.22. The summed E-state index contributed by atoms with van der Waals surface area (Å²) in [6.07, 6.45) is 2.08. The van der Waals surface area contributed by atoms with Gasteiger partial charge in [-0.25, -0.2) is 4.79 Å². The van der Waals surface area contributed by atoms with Crippen molar-refractivity contribution in [3.8, 4) is 0 Å². The zero-order valence-corrected chi connectivity index (χ0v) is 15.2. The molecule has 0 spiro atoms. The van der Waals surface area contributed by atoms with Crippen molar-refractivity contribution < 1.29 is 9.59 Å². The molecule has 1 aliphatic rings. The van der Waals surface area contributed by atoms with Crippen molar-refractivity contribution in [1.29, 1.82) is 0 Å². The van der Waals surface area contributed by atoms with Gasteiger partial charge in [0.05, 0.1) is 5.56 Å². The fourth-order valence-corrected chi connectivity index (χ4v) is 3.08. The number of amides is 3. The monoisotopic (exact) mass is 352 g/mol. The third-order valence-corrected chi connectivity index (χ3v) is 4.39. The second-order valence-electron chi connectivity index (χ2n) is 6.57. The van der Waals surface area contributed by atoms with Gasteiger partial charge < -0.3 is 20.4 Å². The van der Waals surface area contributed by atoms with Crippen molar-refractivity contribution in [1.82, 2.24) is 4.90 Å². The molecular weight excluding hydrogens is 328 g/mol. The average Bonchev–Trinajstić information content (AvgIpc) is 3.16. The number of nitrogens with zero attached hydrogens (tertiary/aromatic N) is 2. The minimum absolute atomic E-state index is 0.0123. The number of carbonyl (C=O) groups is 2. The van der Waals surface area contributed by atoms with E-state index < -0.39 is 0 Å². The van der Waals surface area contributed by atoms with Crippen molar-refractivity contribution in [2.24, 2.45) is 0 Å². The average molecular weight is 352 g/mol. The Balaban J connectivity index is 1.78. The van der Waals surface area contributed by atoms with Gasteiger partial charge in [-0.3, -0.25) is 4.79 Å². The van der Waals surface area contributed by atoms with Crippen LogP contribution in [0.3, 0.4) is 0 Å². The Bertz CT molecular complexity index is 784. The second-order valence-corrected chi connectivity index (χ2v) is 6.57. The van der Waals surface area contributed by atoms with Crippen molar-refractivity contribution in [2.45, 2.75) is 12.8 Å². The molecule has 26 heavy (non-hydrogen) atoms. The van der Waals surface area contributed by atoms with Crippen LogP contribution in [0.4, 0.5) is 21.9 Å². The first-order valence-electron chi connectivity index (χ1n) is 8.78. The third-order valence-electron chi connectivity index (χ3n) is 4.39. The van der Waals surface area contributed by atoms with E-state index in [1.54, 1.807) is 12.1 Å². The van der Waals surface area contributed by atoms with Gasteiger partial charge in [0, 0.05) is 44.2 Å². The number of anilines is 3.